The molecule has 0 aliphatic carbocycles. The van der Waals surface area contributed by atoms with E-state index < -0.39 is 10.0 Å². The monoisotopic (exact) mass is 340 g/mol. The SMILES string of the molecule is O=S(=O)(c1ccccc1)n1c(CCl)cc2nc(Cl)ccc21. The molecule has 3 aromatic rings. The summed E-state index contributed by atoms with van der Waals surface area (Å²) in [7, 11) is -3.73. The van der Waals surface area contributed by atoms with Crippen LogP contribution in [0.3, 0.4) is 0 Å². The van der Waals surface area contributed by atoms with E-state index in [4.69, 9.17) is 23.2 Å². The van der Waals surface area contributed by atoms with Gasteiger partial charge in [-0.2, -0.15) is 0 Å². The van der Waals surface area contributed by atoms with Crippen LogP contribution in [-0.4, -0.2) is 17.4 Å². The molecule has 0 aliphatic heterocycles. The molecule has 0 saturated heterocycles. The molecule has 0 unspecified atom stereocenters. The minimum absolute atomic E-state index is 0.0556. The molecule has 108 valence electrons. The Morgan fingerprint density at radius 3 is 2.48 bits per heavy atom. The Morgan fingerprint density at radius 1 is 1.10 bits per heavy atom. The first kappa shape index (κ1) is 14.4. The number of fused-ring (bicyclic) bond motifs is 1. The van der Waals surface area contributed by atoms with Gasteiger partial charge < -0.3 is 0 Å². The molecule has 7 heteroatoms. The highest BCUT2D eigenvalue weighted by Crippen LogP contribution is 2.26. The zero-order valence-electron chi connectivity index (χ0n) is 10.7. The zero-order chi connectivity index (χ0) is 15.0. The Labute approximate surface area is 132 Å². The summed E-state index contributed by atoms with van der Waals surface area (Å²) >= 11 is 11.7. The van der Waals surface area contributed by atoms with Crippen LogP contribution in [0, 0.1) is 0 Å². The molecule has 21 heavy (non-hydrogen) atoms. The first-order chi connectivity index (χ1) is 10.0. The number of nitrogens with zero attached hydrogens (tertiary/aromatic N) is 2. The topological polar surface area (TPSA) is 52.0 Å². The van der Waals surface area contributed by atoms with Crippen LogP contribution in [0.25, 0.3) is 11.0 Å². The van der Waals surface area contributed by atoms with Gasteiger partial charge in [-0.3, -0.25) is 0 Å². The van der Waals surface area contributed by atoms with Crippen molar-refractivity contribution in [3.63, 3.8) is 0 Å². The summed E-state index contributed by atoms with van der Waals surface area (Å²) in [5.41, 5.74) is 1.40. The summed E-state index contributed by atoms with van der Waals surface area (Å²) in [5, 5.41) is 0.304. The summed E-state index contributed by atoms with van der Waals surface area (Å²) in [6.07, 6.45) is 0. The molecule has 3 rings (SSSR count). The Hall–Kier alpha value is -1.56. The standard InChI is InChI=1S/C14H10Cl2N2O2S/c15-9-10-8-12-13(6-7-14(16)17-12)18(10)21(19,20)11-4-2-1-3-5-11/h1-8H,9H2. The number of rotatable bonds is 3. The van der Waals surface area contributed by atoms with E-state index in [1.807, 2.05) is 0 Å². The quantitative estimate of drug-likeness (QED) is 0.540. The number of hydrogen-bond donors (Lipinski definition) is 0. The van der Waals surface area contributed by atoms with Gasteiger partial charge in [-0.25, -0.2) is 17.4 Å². The lowest BCUT2D eigenvalue weighted by Gasteiger charge is -2.10. The molecule has 0 aliphatic rings. The first-order valence-corrected chi connectivity index (χ1v) is 8.43. The van der Waals surface area contributed by atoms with Crippen LogP contribution in [0.5, 0.6) is 0 Å². The number of pyridine rings is 1. The van der Waals surface area contributed by atoms with E-state index in [1.54, 1.807) is 48.5 Å². The fourth-order valence-electron chi connectivity index (χ4n) is 2.17. The minimum Gasteiger partial charge on any atom is -0.235 e. The zero-order valence-corrected chi connectivity index (χ0v) is 13.0. The van der Waals surface area contributed by atoms with Gasteiger partial charge >= 0.3 is 0 Å². The molecule has 0 saturated carbocycles. The maximum Gasteiger partial charge on any atom is 0.268 e. The van der Waals surface area contributed by atoms with Crippen LogP contribution in [0.4, 0.5) is 0 Å². The molecule has 0 bridgehead atoms. The third-order valence-electron chi connectivity index (χ3n) is 3.07. The second-order valence-electron chi connectivity index (χ2n) is 4.39. The first-order valence-electron chi connectivity index (χ1n) is 6.07. The van der Waals surface area contributed by atoms with E-state index in [0.717, 1.165) is 0 Å². The Morgan fingerprint density at radius 2 is 1.81 bits per heavy atom. The minimum atomic E-state index is -3.73. The normalized spacial score (nSPS) is 11.9. The van der Waals surface area contributed by atoms with Crippen LogP contribution < -0.4 is 0 Å². The largest absolute Gasteiger partial charge is 0.268 e. The third-order valence-corrected chi connectivity index (χ3v) is 5.33. The van der Waals surface area contributed by atoms with Gasteiger partial charge in [0, 0.05) is 0 Å². The van der Waals surface area contributed by atoms with Crippen LogP contribution in [0.2, 0.25) is 5.15 Å². The number of halogens is 2. The van der Waals surface area contributed by atoms with Crippen LogP contribution in [0.1, 0.15) is 5.69 Å². The highest BCUT2D eigenvalue weighted by atomic mass is 35.5. The van der Waals surface area contributed by atoms with Crippen molar-refractivity contribution in [3.8, 4) is 0 Å². The van der Waals surface area contributed by atoms with Crippen molar-refractivity contribution >= 4 is 44.3 Å². The summed E-state index contributed by atoms with van der Waals surface area (Å²) in [6, 6.07) is 13.0. The van der Waals surface area contributed by atoms with Gasteiger partial charge in [0.2, 0.25) is 0 Å². The van der Waals surface area contributed by atoms with Crippen LogP contribution >= 0.6 is 23.2 Å². The molecule has 0 fully saturated rings. The predicted octanol–water partition coefficient (Wildman–Crippen LogP) is 3.67. The predicted molar refractivity (Wildman–Crippen MR) is 83.3 cm³/mol. The van der Waals surface area contributed by atoms with E-state index >= 15 is 0 Å². The van der Waals surface area contributed by atoms with Gasteiger partial charge in [-0.15, -0.1) is 11.6 Å². The molecule has 0 atom stereocenters. The van der Waals surface area contributed by atoms with Crippen LogP contribution in [-0.2, 0) is 15.9 Å². The Bertz CT molecular complexity index is 905. The van der Waals surface area contributed by atoms with Crippen molar-refractivity contribution in [1.82, 2.24) is 8.96 Å². The average Bonchev–Trinajstić information content (AvgIpc) is 2.86. The molecule has 2 heterocycles. The molecule has 0 radical (unpaired) electrons. The van der Waals surface area contributed by atoms with E-state index in [2.05, 4.69) is 4.98 Å². The third kappa shape index (κ3) is 2.41. The van der Waals surface area contributed by atoms with Crippen molar-refractivity contribution in [3.05, 3.63) is 59.4 Å². The van der Waals surface area contributed by atoms with E-state index in [0.29, 0.717) is 21.9 Å². The molecule has 4 nitrogen and oxygen atoms in total. The van der Waals surface area contributed by atoms with E-state index in [1.165, 1.54) is 3.97 Å². The van der Waals surface area contributed by atoms with E-state index in [-0.39, 0.29) is 10.8 Å². The molecule has 0 spiro atoms. The summed E-state index contributed by atoms with van der Waals surface area (Å²) < 4.78 is 26.9. The maximum absolute atomic E-state index is 12.8. The summed E-state index contributed by atoms with van der Waals surface area (Å²) in [5.74, 6) is 0.0556. The van der Waals surface area contributed by atoms with E-state index in [9.17, 15) is 8.42 Å². The smallest absolute Gasteiger partial charge is 0.235 e. The van der Waals surface area contributed by atoms with Crippen molar-refractivity contribution in [2.24, 2.45) is 0 Å². The molecule has 0 N–H and O–H groups in total. The van der Waals surface area contributed by atoms with Crippen LogP contribution in [0.15, 0.2) is 53.4 Å². The molecular formula is C14H10Cl2N2O2S. The summed E-state index contributed by atoms with van der Waals surface area (Å²) in [6.45, 7) is 0. The molecular weight excluding hydrogens is 331 g/mol. The average molecular weight is 341 g/mol. The number of benzene rings is 1. The number of hydrogen-bond acceptors (Lipinski definition) is 3. The van der Waals surface area contributed by atoms with Gasteiger partial charge in [0.05, 0.1) is 27.5 Å². The highest BCUT2D eigenvalue weighted by molar-refractivity contribution is 7.90. The van der Waals surface area contributed by atoms with Gasteiger partial charge in [0.1, 0.15) is 5.15 Å². The van der Waals surface area contributed by atoms with Gasteiger partial charge in [0.15, 0.2) is 0 Å². The van der Waals surface area contributed by atoms with Gasteiger partial charge in [-0.05, 0) is 30.3 Å². The van der Waals surface area contributed by atoms with Gasteiger partial charge in [-0.1, -0.05) is 29.8 Å². The number of aromatic nitrogens is 2. The fraction of sp³-hybridized carbons (Fsp3) is 0.0714. The lowest BCUT2D eigenvalue weighted by Crippen LogP contribution is -2.15. The second-order valence-corrected chi connectivity index (χ2v) is 6.83. The molecule has 2 aromatic heterocycles. The summed E-state index contributed by atoms with van der Waals surface area (Å²) in [4.78, 5) is 4.33. The maximum atomic E-state index is 12.8. The molecule has 1 aromatic carbocycles. The number of alkyl halides is 1. The van der Waals surface area contributed by atoms with Gasteiger partial charge in [0.25, 0.3) is 10.0 Å². The second kappa shape index (κ2) is 5.33. The van der Waals surface area contributed by atoms with Crippen molar-refractivity contribution < 1.29 is 8.42 Å². The lowest BCUT2D eigenvalue weighted by atomic mass is 10.4. The van der Waals surface area contributed by atoms with Crippen molar-refractivity contribution in [2.75, 3.05) is 0 Å². The Balaban J connectivity index is 2.34. The fourth-order valence-corrected chi connectivity index (χ4v) is 4.14. The lowest BCUT2D eigenvalue weighted by molar-refractivity contribution is 0.588. The van der Waals surface area contributed by atoms with Crippen molar-refractivity contribution in [1.29, 1.82) is 0 Å². The van der Waals surface area contributed by atoms with Crippen molar-refractivity contribution in [2.45, 2.75) is 10.8 Å². The highest BCUT2D eigenvalue weighted by Gasteiger charge is 2.23. The molecule has 0 amide bonds. The Kier molecular flexibility index (Phi) is 3.65.